The van der Waals surface area contributed by atoms with Gasteiger partial charge in [0.05, 0.1) is 32.5 Å². The van der Waals surface area contributed by atoms with Gasteiger partial charge in [0, 0.05) is 4.90 Å². The Kier molecular flexibility index (Phi) is 8.52. The normalized spacial score (nSPS) is 28.0. The SMILES string of the molecule is C[C@H]1O[C@@H](Sc2ccccc2)[C@H](OCc2ccccc2)[C@@H](OCc2ccccc2)[C@@H]1OC[C@@H]1CO1. The Hall–Kier alpha value is -2.19. The van der Waals surface area contributed by atoms with Crippen LogP contribution in [-0.4, -0.2) is 49.2 Å². The lowest BCUT2D eigenvalue weighted by atomic mass is 9.99. The van der Waals surface area contributed by atoms with E-state index in [1.165, 1.54) is 0 Å². The van der Waals surface area contributed by atoms with E-state index in [1.54, 1.807) is 11.8 Å². The van der Waals surface area contributed by atoms with Gasteiger partial charge in [0.15, 0.2) is 0 Å². The van der Waals surface area contributed by atoms with Crippen molar-refractivity contribution < 1.29 is 23.7 Å². The number of hydrogen-bond acceptors (Lipinski definition) is 6. The molecule has 0 N–H and O–H groups in total. The van der Waals surface area contributed by atoms with E-state index in [1.807, 2.05) is 54.6 Å². The smallest absolute Gasteiger partial charge is 0.136 e. The Bertz CT molecular complexity index is 1020. The predicted octanol–water partition coefficient (Wildman–Crippen LogP) is 5.48. The quantitative estimate of drug-likeness (QED) is 0.331. The molecule has 0 aliphatic carbocycles. The van der Waals surface area contributed by atoms with Crippen LogP contribution in [0, 0.1) is 0 Å². The van der Waals surface area contributed by atoms with Crippen LogP contribution in [0.25, 0.3) is 0 Å². The maximum Gasteiger partial charge on any atom is 0.136 e. The van der Waals surface area contributed by atoms with Crippen LogP contribution in [-0.2, 0) is 36.9 Å². The van der Waals surface area contributed by atoms with E-state index < -0.39 is 0 Å². The van der Waals surface area contributed by atoms with Crippen molar-refractivity contribution >= 4 is 11.8 Å². The number of thioether (sulfide) groups is 1. The third-order valence-corrected chi connectivity index (χ3v) is 7.33. The zero-order valence-electron chi connectivity index (χ0n) is 19.9. The number of ether oxygens (including phenoxy) is 5. The zero-order valence-corrected chi connectivity index (χ0v) is 20.7. The molecule has 184 valence electrons. The second-order valence-electron chi connectivity index (χ2n) is 8.92. The van der Waals surface area contributed by atoms with Crippen molar-refractivity contribution in [1.29, 1.82) is 0 Å². The van der Waals surface area contributed by atoms with Gasteiger partial charge in [-0.25, -0.2) is 0 Å². The highest BCUT2D eigenvalue weighted by molar-refractivity contribution is 7.99. The molecule has 3 aromatic rings. The van der Waals surface area contributed by atoms with Gasteiger partial charge in [0.1, 0.15) is 29.9 Å². The highest BCUT2D eigenvalue weighted by atomic mass is 32.2. The molecule has 2 heterocycles. The molecule has 6 heteroatoms. The summed E-state index contributed by atoms with van der Waals surface area (Å²) >= 11 is 1.67. The summed E-state index contributed by atoms with van der Waals surface area (Å²) in [5, 5.41) is 0. The molecule has 0 amide bonds. The average molecular weight is 493 g/mol. The van der Waals surface area contributed by atoms with Crippen molar-refractivity contribution in [3.05, 3.63) is 102 Å². The molecule has 5 nitrogen and oxygen atoms in total. The summed E-state index contributed by atoms with van der Waals surface area (Å²) in [6, 6.07) is 30.7. The Morgan fingerprint density at radius 3 is 1.83 bits per heavy atom. The van der Waals surface area contributed by atoms with Gasteiger partial charge in [-0.15, -0.1) is 0 Å². The van der Waals surface area contributed by atoms with Crippen molar-refractivity contribution in [3.63, 3.8) is 0 Å². The minimum absolute atomic E-state index is 0.160. The number of epoxide rings is 1. The second-order valence-corrected chi connectivity index (χ2v) is 10.1. The monoisotopic (exact) mass is 492 g/mol. The van der Waals surface area contributed by atoms with E-state index in [0.29, 0.717) is 19.8 Å². The summed E-state index contributed by atoms with van der Waals surface area (Å²) in [6.45, 7) is 4.29. The Labute approximate surface area is 211 Å². The largest absolute Gasteiger partial charge is 0.371 e. The van der Waals surface area contributed by atoms with E-state index in [9.17, 15) is 0 Å². The van der Waals surface area contributed by atoms with Crippen LogP contribution < -0.4 is 0 Å². The first-order valence-corrected chi connectivity index (χ1v) is 13.1. The molecule has 5 rings (SSSR count). The van der Waals surface area contributed by atoms with E-state index in [4.69, 9.17) is 23.7 Å². The Balaban J connectivity index is 1.39. The molecule has 2 saturated heterocycles. The molecule has 6 atom stereocenters. The lowest BCUT2D eigenvalue weighted by molar-refractivity contribution is -0.240. The van der Waals surface area contributed by atoms with E-state index in [2.05, 4.69) is 43.3 Å². The molecule has 0 radical (unpaired) electrons. The molecule has 3 aromatic carbocycles. The fourth-order valence-electron chi connectivity index (χ4n) is 4.21. The minimum atomic E-state index is -0.328. The van der Waals surface area contributed by atoms with E-state index in [0.717, 1.165) is 22.6 Å². The molecular formula is C29H32O5S. The molecule has 0 spiro atoms. The van der Waals surface area contributed by atoms with Crippen LogP contribution in [0.2, 0.25) is 0 Å². The first kappa shape index (κ1) is 24.5. The van der Waals surface area contributed by atoms with E-state index in [-0.39, 0.29) is 36.0 Å². The molecule has 2 fully saturated rings. The van der Waals surface area contributed by atoms with Crippen molar-refractivity contribution in [3.8, 4) is 0 Å². The van der Waals surface area contributed by atoms with Crippen LogP contribution in [0.1, 0.15) is 18.1 Å². The summed E-state index contributed by atoms with van der Waals surface area (Å²) in [4.78, 5) is 1.13. The Morgan fingerprint density at radius 2 is 1.26 bits per heavy atom. The zero-order chi connectivity index (χ0) is 23.9. The first-order chi connectivity index (χ1) is 17.3. The van der Waals surface area contributed by atoms with Gasteiger partial charge < -0.3 is 23.7 Å². The van der Waals surface area contributed by atoms with Gasteiger partial charge >= 0.3 is 0 Å². The van der Waals surface area contributed by atoms with Gasteiger partial charge in [0.2, 0.25) is 0 Å². The van der Waals surface area contributed by atoms with Gasteiger partial charge in [-0.05, 0) is 30.2 Å². The van der Waals surface area contributed by atoms with Gasteiger partial charge in [-0.3, -0.25) is 0 Å². The maximum atomic E-state index is 6.59. The van der Waals surface area contributed by atoms with Gasteiger partial charge in [-0.1, -0.05) is 90.6 Å². The molecule has 35 heavy (non-hydrogen) atoms. The maximum absolute atomic E-state index is 6.59. The fourth-order valence-corrected chi connectivity index (χ4v) is 5.39. The molecule has 0 saturated carbocycles. The summed E-state index contributed by atoms with van der Waals surface area (Å²) < 4.78 is 31.4. The van der Waals surface area contributed by atoms with Crippen LogP contribution in [0.15, 0.2) is 95.9 Å². The minimum Gasteiger partial charge on any atom is -0.371 e. The molecule has 2 aliphatic rings. The highest BCUT2D eigenvalue weighted by Crippen LogP contribution is 2.38. The molecule has 0 unspecified atom stereocenters. The fraction of sp³-hybridized carbons (Fsp3) is 0.379. The third kappa shape index (κ3) is 6.94. The van der Waals surface area contributed by atoms with Crippen molar-refractivity contribution in [2.45, 2.75) is 61.0 Å². The first-order valence-electron chi connectivity index (χ1n) is 12.2. The summed E-state index contributed by atoms with van der Waals surface area (Å²) in [5.74, 6) is 0. The topological polar surface area (TPSA) is 49.5 Å². The number of hydrogen-bond donors (Lipinski definition) is 0. The summed E-state index contributed by atoms with van der Waals surface area (Å²) in [7, 11) is 0. The predicted molar refractivity (Wildman–Crippen MR) is 136 cm³/mol. The standard InChI is InChI=1S/C29H32O5S/c1-21-26(33-20-24-19-30-24)27(31-17-22-11-5-2-6-12-22)28(32-18-23-13-7-3-8-14-23)29(34-21)35-25-15-9-4-10-16-25/h2-16,21,24,26-29H,17-20H2,1H3/t21-,24+,26-,27+,28-,29+/m1/s1. The number of benzene rings is 3. The molecule has 0 aromatic heterocycles. The van der Waals surface area contributed by atoms with Crippen LogP contribution in [0.5, 0.6) is 0 Å². The van der Waals surface area contributed by atoms with Crippen LogP contribution in [0.3, 0.4) is 0 Å². The summed E-state index contributed by atoms with van der Waals surface area (Å²) in [6.07, 6.45) is -0.895. The average Bonchev–Trinajstić information content (AvgIpc) is 3.73. The Morgan fingerprint density at radius 1 is 0.714 bits per heavy atom. The van der Waals surface area contributed by atoms with Crippen LogP contribution in [0.4, 0.5) is 0 Å². The third-order valence-electron chi connectivity index (χ3n) is 6.17. The number of rotatable bonds is 11. The molecule has 0 bridgehead atoms. The van der Waals surface area contributed by atoms with Crippen molar-refractivity contribution in [1.82, 2.24) is 0 Å². The van der Waals surface area contributed by atoms with Crippen molar-refractivity contribution in [2.75, 3.05) is 13.2 Å². The highest BCUT2D eigenvalue weighted by Gasteiger charge is 2.47. The molecule has 2 aliphatic heterocycles. The van der Waals surface area contributed by atoms with Crippen LogP contribution >= 0.6 is 11.8 Å². The summed E-state index contributed by atoms with van der Waals surface area (Å²) in [5.41, 5.74) is 1.99. The van der Waals surface area contributed by atoms with E-state index >= 15 is 0 Å². The van der Waals surface area contributed by atoms with Gasteiger partial charge in [-0.2, -0.15) is 0 Å². The molecular weight excluding hydrogens is 460 g/mol. The second kappa shape index (κ2) is 12.2. The van der Waals surface area contributed by atoms with Crippen molar-refractivity contribution in [2.24, 2.45) is 0 Å². The lowest BCUT2D eigenvalue weighted by Crippen LogP contribution is -2.58. The lowest BCUT2D eigenvalue weighted by Gasteiger charge is -2.45. The van der Waals surface area contributed by atoms with Gasteiger partial charge in [0.25, 0.3) is 0 Å².